The Bertz CT molecular complexity index is 640. The third-order valence-electron chi connectivity index (χ3n) is 3.26. The zero-order valence-corrected chi connectivity index (χ0v) is 12.2. The maximum Gasteiger partial charge on any atom is 0.255 e. The van der Waals surface area contributed by atoms with Gasteiger partial charge in [-0.25, -0.2) is 4.39 Å². The summed E-state index contributed by atoms with van der Waals surface area (Å²) in [5, 5.41) is 6.13. The van der Waals surface area contributed by atoms with E-state index in [0.29, 0.717) is 17.7 Å². The van der Waals surface area contributed by atoms with Crippen molar-refractivity contribution in [1.29, 1.82) is 0 Å². The van der Waals surface area contributed by atoms with Crippen LogP contribution in [0.15, 0.2) is 42.5 Å². The Labute approximate surface area is 124 Å². The molecule has 0 fully saturated rings. The molecule has 1 amide bonds. The van der Waals surface area contributed by atoms with Gasteiger partial charge in [0.25, 0.3) is 5.91 Å². The zero-order valence-electron chi connectivity index (χ0n) is 12.2. The number of hydrogen-bond acceptors (Lipinski definition) is 2. The lowest BCUT2D eigenvalue weighted by Gasteiger charge is -2.12. The third kappa shape index (κ3) is 3.89. The van der Waals surface area contributed by atoms with E-state index in [9.17, 15) is 9.18 Å². The number of anilines is 1. The fourth-order valence-electron chi connectivity index (χ4n) is 2.13. The molecule has 0 radical (unpaired) electrons. The molecule has 4 heteroatoms. The first-order chi connectivity index (χ1) is 10.1. The minimum Gasteiger partial charge on any atom is -0.322 e. The van der Waals surface area contributed by atoms with Gasteiger partial charge in [0, 0.05) is 17.8 Å². The largest absolute Gasteiger partial charge is 0.322 e. The van der Waals surface area contributed by atoms with Gasteiger partial charge >= 0.3 is 0 Å². The Morgan fingerprint density at radius 1 is 1.19 bits per heavy atom. The molecule has 2 aromatic carbocycles. The molecule has 2 aromatic rings. The maximum atomic E-state index is 13.1. The van der Waals surface area contributed by atoms with E-state index in [1.165, 1.54) is 18.2 Å². The summed E-state index contributed by atoms with van der Waals surface area (Å²) in [5.41, 5.74) is 2.89. The maximum absolute atomic E-state index is 13.1. The average molecular weight is 286 g/mol. The molecule has 3 nitrogen and oxygen atoms in total. The molecule has 0 saturated heterocycles. The predicted octanol–water partition coefficient (Wildman–Crippen LogP) is 3.50. The van der Waals surface area contributed by atoms with Crippen molar-refractivity contribution in [3.63, 3.8) is 0 Å². The van der Waals surface area contributed by atoms with Crippen molar-refractivity contribution in [3.05, 3.63) is 65.0 Å². The standard InChI is InChI=1S/C17H19FN2O/c1-3-19-11-13-6-4-5-7-16(13)20-17(21)15-9-8-14(18)10-12(15)2/h4-10,19H,3,11H2,1-2H3,(H,20,21). The molecule has 0 unspecified atom stereocenters. The molecule has 0 heterocycles. The molecule has 110 valence electrons. The SMILES string of the molecule is CCNCc1ccccc1NC(=O)c1ccc(F)cc1C. The molecule has 0 atom stereocenters. The molecule has 21 heavy (non-hydrogen) atoms. The first-order valence-corrected chi connectivity index (χ1v) is 6.98. The van der Waals surface area contributed by atoms with E-state index in [-0.39, 0.29) is 11.7 Å². The predicted molar refractivity (Wildman–Crippen MR) is 82.9 cm³/mol. The second kappa shape index (κ2) is 6.99. The topological polar surface area (TPSA) is 41.1 Å². The highest BCUT2D eigenvalue weighted by atomic mass is 19.1. The molecule has 0 aromatic heterocycles. The molecule has 2 rings (SSSR count). The summed E-state index contributed by atoms with van der Waals surface area (Å²) in [5.74, 6) is -0.562. The normalized spacial score (nSPS) is 10.4. The second-order valence-electron chi connectivity index (χ2n) is 4.85. The van der Waals surface area contributed by atoms with Gasteiger partial charge in [-0.2, -0.15) is 0 Å². The van der Waals surface area contributed by atoms with Crippen LogP contribution in [-0.2, 0) is 6.54 Å². The van der Waals surface area contributed by atoms with E-state index in [2.05, 4.69) is 10.6 Å². The van der Waals surface area contributed by atoms with E-state index in [0.717, 1.165) is 17.8 Å². The number of aryl methyl sites for hydroxylation is 1. The van der Waals surface area contributed by atoms with Gasteiger partial charge in [0.1, 0.15) is 5.82 Å². The highest BCUT2D eigenvalue weighted by molar-refractivity contribution is 6.05. The van der Waals surface area contributed by atoms with Crippen molar-refractivity contribution >= 4 is 11.6 Å². The van der Waals surface area contributed by atoms with Gasteiger partial charge in [-0.3, -0.25) is 4.79 Å². The minimum absolute atomic E-state index is 0.226. The fourth-order valence-corrected chi connectivity index (χ4v) is 2.13. The lowest BCUT2D eigenvalue weighted by Crippen LogP contribution is -2.17. The van der Waals surface area contributed by atoms with E-state index in [1.807, 2.05) is 31.2 Å². The first kappa shape index (κ1) is 15.2. The van der Waals surface area contributed by atoms with Gasteiger partial charge in [0.05, 0.1) is 0 Å². The summed E-state index contributed by atoms with van der Waals surface area (Å²) in [6, 6.07) is 11.8. The van der Waals surface area contributed by atoms with Crippen LogP contribution in [0.4, 0.5) is 10.1 Å². The molecule has 0 aliphatic heterocycles. The van der Waals surface area contributed by atoms with Crippen LogP contribution >= 0.6 is 0 Å². The number of rotatable bonds is 5. The minimum atomic E-state index is -0.336. The van der Waals surface area contributed by atoms with Crippen LogP contribution in [0, 0.1) is 12.7 Å². The van der Waals surface area contributed by atoms with Crippen LogP contribution in [0.1, 0.15) is 28.4 Å². The van der Waals surface area contributed by atoms with Gasteiger partial charge < -0.3 is 10.6 Å². The average Bonchev–Trinajstić information content (AvgIpc) is 2.46. The number of benzene rings is 2. The van der Waals surface area contributed by atoms with Gasteiger partial charge in [-0.15, -0.1) is 0 Å². The van der Waals surface area contributed by atoms with Crippen LogP contribution in [0.3, 0.4) is 0 Å². The summed E-state index contributed by atoms with van der Waals surface area (Å²) in [6.07, 6.45) is 0. The lowest BCUT2D eigenvalue weighted by molar-refractivity contribution is 0.102. The van der Waals surface area contributed by atoms with E-state index in [4.69, 9.17) is 0 Å². The van der Waals surface area contributed by atoms with Crippen molar-refractivity contribution in [2.24, 2.45) is 0 Å². The van der Waals surface area contributed by atoms with Crippen LogP contribution < -0.4 is 10.6 Å². The number of carbonyl (C=O) groups is 1. The zero-order chi connectivity index (χ0) is 15.2. The van der Waals surface area contributed by atoms with Crippen molar-refractivity contribution in [3.8, 4) is 0 Å². The van der Waals surface area contributed by atoms with E-state index in [1.54, 1.807) is 6.92 Å². The van der Waals surface area contributed by atoms with E-state index >= 15 is 0 Å². The van der Waals surface area contributed by atoms with Gasteiger partial charge in [0.15, 0.2) is 0 Å². The Kier molecular flexibility index (Phi) is 5.06. The number of amides is 1. The fraction of sp³-hybridized carbons (Fsp3) is 0.235. The second-order valence-corrected chi connectivity index (χ2v) is 4.85. The number of carbonyl (C=O) groups excluding carboxylic acids is 1. The number of hydrogen-bond donors (Lipinski definition) is 2. The van der Waals surface area contributed by atoms with Gasteiger partial charge in [0.2, 0.25) is 0 Å². The highest BCUT2D eigenvalue weighted by Crippen LogP contribution is 2.17. The first-order valence-electron chi connectivity index (χ1n) is 6.98. The molecular formula is C17H19FN2O. The quantitative estimate of drug-likeness (QED) is 0.883. The monoisotopic (exact) mass is 286 g/mol. The van der Waals surface area contributed by atoms with Gasteiger partial charge in [-0.05, 0) is 48.9 Å². The number of nitrogens with one attached hydrogen (secondary N) is 2. The molecule has 0 aliphatic carbocycles. The molecular weight excluding hydrogens is 267 g/mol. The lowest BCUT2D eigenvalue weighted by atomic mass is 10.1. The van der Waals surface area contributed by atoms with Crippen molar-refractivity contribution in [2.45, 2.75) is 20.4 Å². The smallest absolute Gasteiger partial charge is 0.255 e. The van der Waals surface area contributed by atoms with Crippen LogP contribution in [-0.4, -0.2) is 12.5 Å². The highest BCUT2D eigenvalue weighted by Gasteiger charge is 2.11. The van der Waals surface area contributed by atoms with Crippen LogP contribution in [0.5, 0.6) is 0 Å². The molecule has 0 bridgehead atoms. The van der Waals surface area contributed by atoms with Crippen molar-refractivity contribution < 1.29 is 9.18 Å². The van der Waals surface area contributed by atoms with Crippen molar-refractivity contribution in [2.75, 3.05) is 11.9 Å². The van der Waals surface area contributed by atoms with Crippen molar-refractivity contribution in [1.82, 2.24) is 5.32 Å². The molecule has 0 spiro atoms. The molecule has 0 saturated carbocycles. The van der Waals surface area contributed by atoms with Crippen LogP contribution in [0.2, 0.25) is 0 Å². The Morgan fingerprint density at radius 2 is 1.95 bits per heavy atom. The summed E-state index contributed by atoms with van der Waals surface area (Å²) in [7, 11) is 0. The third-order valence-corrected chi connectivity index (χ3v) is 3.26. The number of para-hydroxylation sites is 1. The van der Waals surface area contributed by atoms with Crippen LogP contribution in [0.25, 0.3) is 0 Å². The summed E-state index contributed by atoms with van der Waals surface area (Å²) in [6.45, 7) is 5.31. The Hall–Kier alpha value is -2.20. The molecule has 0 aliphatic rings. The summed E-state index contributed by atoms with van der Waals surface area (Å²) < 4.78 is 13.1. The van der Waals surface area contributed by atoms with E-state index < -0.39 is 0 Å². The summed E-state index contributed by atoms with van der Waals surface area (Å²) >= 11 is 0. The van der Waals surface area contributed by atoms with Gasteiger partial charge in [-0.1, -0.05) is 25.1 Å². The Balaban J connectivity index is 2.19. The number of halogens is 1. The molecule has 2 N–H and O–H groups in total. The Morgan fingerprint density at radius 3 is 2.67 bits per heavy atom. The summed E-state index contributed by atoms with van der Waals surface area (Å²) in [4.78, 5) is 12.3.